The van der Waals surface area contributed by atoms with Crippen molar-refractivity contribution in [1.82, 2.24) is 14.7 Å². The van der Waals surface area contributed by atoms with Crippen LogP contribution in [0, 0.1) is 5.92 Å². The predicted molar refractivity (Wildman–Crippen MR) is 97.7 cm³/mol. The second-order valence-electron chi connectivity index (χ2n) is 7.06. The highest BCUT2D eigenvalue weighted by Gasteiger charge is 2.18. The lowest BCUT2D eigenvalue weighted by molar-refractivity contribution is 0.173. The van der Waals surface area contributed by atoms with Crippen LogP contribution in [0.1, 0.15) is 51.9 Å². The topological polar surface area (TPSA) is 21.1 Å². The SMILES string of the molecule is CCCCCC1CCN(CCCn2ncc3ccccc32)CC1. The maximum atomic E-state index is 4.53. The van der Waals surface area contributed by atoms with Crippen LogP contribution in [0.3, 0.4) is 0 Å². The Kier molecular flexibility index (Phi) is 6.09. The summed E-state index contributed by atoms with van der Waals surface area (Å²) in [5.41, 5.74) is 1.27. The molecule has 0 amide bonds. The number of para-hydroxylation sites is 1. The maximum absolute atomic E-state index is 4.53. The van der Waals surface area contributed by atoms with Crippen molar-refractivity contribution >= 4 is 10.9 Å². The first-order chi connectivity index (χ1) is 11.4. The number of hydrogen-bond acceptors (Lipinski definition) is 2. The summed E-state index contributed by atoms with van der Waals surface area (Å²) in [6.07, 6.45) is 11.7. The molecule has 0 spiro atoms. The maximum Gasteiger partial charge on any atom is 0.0682 e. The van der Waals surface area contributed by atoms with Gasteiger partial charge in [0, 0.05) is 11.9 Å². The molecule has 3 nitrogen and oxygen atoms in total. The molecule has 1 aromatic heterocycles. The Morgan fingerprint density at radius 1 is 1.04 bits per heavy atom. The molecule has 0 atom stereocenters. The fourth-order valence-corrected chi connectivity index (χ4v) is 3.83. The van der Waals surface area contributed by atoms with Crippen molar-refractivity contribution in [2.45, 2.75) is 58.4 Å². The molecule has 1 aliphatic rings. The fourth-order valence-electron chi connectivity index (χ4n) is 3.83. The van der Waals surface area contributed by atoms with E-state index in [9.17, 15) is 0 Å². The second kappa shape index (κ2) is 8.49. The van der Waals surface area contributed by atoms with E-state index < -0.39 is 0 Å². The van der Waals surface area contributed by atoms with Gasteiger partial charge in [0.05, 0.1) is 11.7 Å². The largest absolute Gasteiger partial charge is 0.303 e. The van der Waals surface area contributed by atoms with E-state index in [0.717, 1.165) is 12.5 Å². The van der Waals surface area contributed by atoms with E-state index in [2.05, 4.69) is 45.9 Å². The molecule has 1 aromatic carbocycles. The van der Waals surface area contributed by atoms with Crippen molar-refractivity contribution in [3.8, 4) is 0 Å². The van der Waals surface area contributed by atoms with Crippen molar-refractivity contribution < 1.29 is 0 Å². The van der Waals surface area contributed by atoms with E-state index >= 15 is 0 Å². The lowest BCUT2D eigenvalue weighted by Gasteiger charge is -2.32. The first-order valence-corrected chi connectivity index (χ1v) is 9.49. The zero-order valence-electron chi connectivity index (χ0n) is 14.6. The number of fused-ring (bicyclic) bond motifs is 1. The molecule has 0 N–H and O–H groups in total. The average molecular weight is 313 g/mol. The van der Waals surface area contributed by atoms with Crippen molar-refractivity contribution in [3.05, 3.63) is 30.5 Å². The van der Waals surface area contributed by atoms with Gasteiger partial charge in [-0.15, -0.1) is 0 Å². The third-order valence-electron chi connectivity index (χ3n) is 5.32. The molecule has 0 bridgehead atoms. The molecule has 1 fully saturated rings. The molecular formula is C20H31N3. The first-order valence-electron chi connectivity index (χ1n) is 9.49. The van der Waals surface area contributed by atoms with E-state index in [1.807, 2.05) is 6.20 Å². The number of hydrogen-bond donors (Lipinski definition) is 0. The van der Waals surface area contributed by atoms with Crippen molar-refractivity contribution in [1.29, 1.82) is 0 Å². The van der Waals surface area contributed by atoms with E-state index in [4.69, 9.17) is 0 Å². The Bertz CT molecular complexity index is 581. The molecule has 126 valence electrons. The van der Waals surface area contributed by atoms with Crippen LogP contribution in [-0.4, -0.2) is 34.3 Å². The number of aromatic nitrogens is 2. The van der Waals surface area contributed by atoms with E-state index in [-0.39, 0.29) is 0 Å². The quantitative estimate of drug-likeness (QED) is 0.658. The highest BCUT2D eigenvalue weighted by atomic mass is 15.3. The minimum absolute atomic E-state index is 0.993. The molecular weight excluding hydrogens is 282 g/mol. The number of benzene rings is 1. The summed E-state index contributed by atoms with van der Waals surface area (Å²) in [4.78, 5) is 2.65. The average Bonchev–Trinajstić information content (AvgIpc) is 3.00. The fraction of sp³-hybridized carbons (Fsp3) is 0.650. The molecule has 3 heteroatoms. The lowest BCUT2D eigenvalue weighted by atomic mass is 9.91. The van der Waals surface area contributed by atoms with Crippen LogP contribution in [-0.2, 0) is 6.54 Å². The monoisotopic (exact) mass is 313 g/mol. The molecule has 1 saturated heterocycles. The minimum Gasteiger partial charge on any atom is -0.303 e. The molecule has 2 heterocycles. The molecule has 3 rings (SSSR count). The van der Waals surface area contributed by atoms with Gasteiger partial charge >= 0.3 is 0 Å². The summed E-state index contributed by atoms with van der Waals surface area (Å²) in [6.45, 7) is 7.15. The van der Waals surface area contributed by atoms with Gasteiger partial charge in [0.1, 0.15) is 0 Å². The molecule has 0 saturated carbocycles. The molecule has 0 aliphatic carbocycles. The van der Waals surface area contributed by atoms with Crippen LogP contribution in [0.15, 0.2) is 30.5 Å². The van der Waals surface area contributed by atoms with Crippen LogP contribution in [0.25, 0.3) is 10.9 Å². The third kappa shape index (κ3) is 4.57. The van der Waals surface area contributed by atoms with Crippen LogP contribution < -0.4 is 0 Å². The molecule has 0 radical (unpaired) electrons. The zero-order chi connectivity index (χ0) is 15.9. The van der Waals surface area contributed by atoms with Crippen LogP contribution in [0.4, 0.5) is 0 Å². The van der Waals surface area contributed by atoms with Gasteiger partial charge in [-0.05, 0) is 50.9 Å². The minimum atomic E-state index is 0.993. The summed E-state index contributed by atoms with van der Waals surface area (Å²) in [6, 6.07) is 8.50. The molecule has 2 aromatic rings. The first kappa shape index (κ1) is 16.5. The van der Waals surface area contributed by atoms with E-state index in [1.54, 1.807) is 0 Å². The highest BCUT2D eigenvalue weighted by molar-refractivity contribution is 5.78. The Balaban J connectivity index is 1.37. The normalized spacial score (nSPS) is 17.1. The summed E-state index contributed by atoms with van der Waals surface area (Å²) >= 11 is 0. The Morgan fingerprint density at radius 3 is 2.70 bits per heavy atom. The summed E-state index contributed by atoms with van der Waals surface area (Å²) in [7, 11) is 0. The van der Waals surface area contributed by atoms with Gasteiger partial charge in [0.15, 0.2) is 0 Å². The number of nitrogens with zero attached hydrogens (tertiary/aromatic N) is 3. The molecule has 1 aliphatic heterocycles. The molecule has 0 unspecified atom stereocenters. The smallest absolute Gasteiger partial charge is 0.0682 e. The van der Waals surface area contributed by atoms with Gasteiger partial charge in [-0.25, -0.2) is 0 Å². The number of aryl methyl sites for hydroxylation is 1. The molecule has 23 heavy (non-hydrogen) atoms. The number of rotatable bonds is 8. The van der Waals surface area contributed by atoms with Gasteiger partial charge in [-0.2, -0.15) is 5.10 Å². The van der Waals surface area contributed by atoms with Crippen LogP contribution in [0.5, 0.6) is 0 Å². The van der Waals surface area contributed by atoms with Gasteiger partial charge in [-0.3, -0.25) is 4.68 Å². The third-order valence-corrected chi connectivity index (χ3v) is 5.32. The lowest BCUT2D eigenvalue weighted by Crippen LogP contribution is -2.34. The van der Waals surface area contributed by atoms with Gasteiger partial charge < -0.3 is 4.90 Å². The van der Waals surface area contributed by atoms with Crippen molar-refractivity contribution in [3.63, 3.8) is 0 Å². The van der Waals surface area contributed by atoms with E-state index in [0.29, 0.717) is 0 Å². The van der Waals surface area contributed by atoms with Crippen LogP contribution >= 0.6 is 0 Å². The van der Waals surface area contributed by atoms with Crippen molar-refractivity contribution in [2.75, 3.05) is 19.6 Å². The van der Waals surface area contributed by atoms with Crippen LogP contribution in [0.2, 0.25) is 0 Å². The number of unbranched alkanes of at least 4 members (excludes halogenated alkanes) is 2. The van der Waals surface area contributed by atoms with Gasteiger partial charge in [0.2, 0.25) is 0 Å². The van der Waals surface area contributed by atoms with E-state index in [1.165, 1.54) is 75.5 Å². The highest BCUT2D eigenvalue weighted by Crippen LogP contribution is 2.23. The number of piperidine rings is 1. The summed E-state index contributed by atoms with van der Waals surface area (Å²) < 4.78 is 2.16. The Hall–Kier alpha value is -1.35. The summed E-state index contributed by atoms with van der Waals surface area (Å²) in [5.74, 6) is 0.993. The predicted octanol–water partition coefficient (Wildman–Crippen LogP) is 4.72. The van der Waals surface area contributed by atoms with Gasteiger partial charge in [-0.1, -0.05) is 50.8 Å². The van der Waals surface area contributed by atoms with Crippen molar-refractivity contribution in [2.24, 2.45) is 5.92 Å². The van der Waals surface area contributed by atoms with Gasteiger partial charge in [0.25, 0.3) is 0 Å². The Morgan fingerprint density at radius 2 is 1.87 bits per heavy atom. The standard InChI is InChI=1S/C20H31N3/c1-2-3-4-8-18-11-15-22(16-12-18)13-7-14-23-20-10-6-5-9-19(20)17-21-23/h5-6,9-10,17-18H,2-4,7-8,11-16H2,1H3. The zero-order valence-corrected chi connectivity index (χ0v) is 14.6. The second-order valence-corrected chi connectivity index (χ2v) is 7.06. The Labute approximate surface area is 140 Å². The summed E-state index contributed by atoms with van der Waals surface area (Å²) in [5, 5.41) is 5.78. The number of likely N-dealkylation sites (tertiary alicyclic amines) is 1.